The number of carbonyl (C=O) groups is 1. The largest absolute Gasteiger partial charge is 0.486 e. The Labute approximate surface area is 147 Å². The number of anilines is 1. The van der Waals surface area contributed by atoms with Crippen molar-refractivity contribution in [1.82, 2.24) is 10.2 Å². The van der Waals surface area contributed by atoms with E-state index in [0.29, 0.717) is 17.9 Å². The maximum Gasteiger partial charge on any atom is 0.260 e. The van der Waals surface area contributed by atoms with E-state index in [0.717, 1.165) is 61.9 Å². The van der Waals surface area contributed by atoms with E-state index in [4.69, 9.17) is 9.47 Å². The van der Waals surface area contributed by atoms with Gasteiger partial charge in [-0.2, -0.15) is 0 Å². The van der Waals surface area contributed by atoms with Gasteiger partial charge in [0.25, 0.3) is 5.91 Å². The fraction of sp³-hybridized carbons (Fsp3) is 0.421. The van der Waals surface area contributed by atoms with Crippen LogP contribution in [0.2, 0.25) is 0 Å². The molecule has 1 saturated heterocycles. The first-order valence-corrected chi connectivity index (χ1v) is 8.75. The van der Waals surface area contributed by atoms with Crippen LogP contribution in [0.3, 0.4) is 0 Å². The van der Waals surface area contributed by atoms with E-state index < -0.39 is 0 Å². The van der Waals surface area contributed by atoms with Gasteiger partial charge >= 0.3 is 0 Å². The molecular formula is C19H23N3O3. The average Bonchev–Trinajstić information content (AvgIpc) is 3.18. The number of fused-ring (bicyclic) bond motifs is 1. The minimum Gasteiger partial charge on any atom is -0.486 e. The Hall–Kier alpha value is -2.31. The first kappa shape index (κ1) is 16.2. The summed E-state index contributed by atoms with van der Waals surface area (Å²) in [7, 11) is 0. The highest BCUT2D eigenvalue weighted by Crippen LogP contribution is 2.36. The third-order valence-corrected chi connectivity index (χ3v) is 4.74. The lowest BCUT2D eigenvalue weighted by atomic mass is 10.0. The van der Waals surface area contributed by atoms with Gasteiger partial charge in [-0.25, -0.2) is 0 Å². The molecule has 132 valence electrons. The van der Waals surface area contributed by atoms with Crippen LogP contribution < -0.4 is 10.6 Å². The average molecular weight is 341 g/mol. The van der Waals surface area contributed by atoms with Crippen molar-refractivity contribution in [2.24, 2.45) is 0 Å². The van der Waals surface area contributed by atoms with Crippen LogP contribution in [0.25, 0.3) is 5.57 Å². The van der Waals surface area contributed by atoms with E-state index in [1.807, 2.05) is 31.2 Å². The van der Waals surface area contributed by atoms with Gasteiger partial charge < -0.3 is 20.1 Å². The minimum atomic E-state index is -0.0959. The normalized spacial score (nSPS) is 23.1. The molecule has 0 unspecified atom stereocenters. The van der Waals surface area contributed by atoms with E-state index in [1.54, 1.807) is 0 Å². The van der Waals surface area contributed by atoms with Gasteiger partial charge in [0.1, 0.15) is 12.4 Å². The van der Waals surface area contributed by atoms with Crippen LogP contribution in [0.4, 0.5) is 5.69 Å². The second-order valence-electron chi connectivity index (χ2n) is 6.58. The molecular weight excluding hydrogens is 318 g/mol. The predicted molar refractivity (Wildman–Crippen MR) is 96.0 cm³/mol. The molecule has 0 aliphatic carbocycles. The van der Waals surface area contributed by atoms with Gasteiger partial charge in [-0.15, -0.1) is 0 Å². The molecule has 0 aromatic heterocycles. The Morgan fingerprint density at radius 1 is 1.28 bits per heavy atom. The molecule has 1 aromatic rings. The molecule has 0 radical (unpaired) electrons. The lowest BCUT2D eigenvalue weighted by Crippen LogP contribution is -2.40. The summed E-state index contributed by atoms with van der Waals surface area (Å²) in [5, 5.41) is 6.34. The number of rotatable bonds is 4. The number of aryl methyl sites for hydroxylation is 1. The zero-order valence-electron chi connectivity index (χ0n) is 14.4. The van der Waals surface area contributed by atoms with Gasteiger partial charge in [-0.3, -0.25) is 9.69 Å². The first-order chi connectivity index (χ1) is 12.2. The number of nitrogens with one attached hydrogen (secondary N) is 2. The van der Waals surface area contributed by atoms with Crippen LogP contribution in [-0.2, 0) is 14.3 Å². The van der Waals surface area contributed by atoms with E-state index in [9.17, 15) is 4.79 Å². The SMILES string of the molecule is Cc1ccc2c(c1)NC(=O)/C2=C1\C=C(NCCN2CCOCC2)CO1. The molecule has 6 nitrogen and oxygen atoms in total. The zero-order chi connectivity index (χ0) is 17.2. The van der Waals surface area contributed by atoms with Gasteiger partial charge in [-0.05, 0) is 18.6 Å². The molecule has 1 amide bonds. The van der Waals surface area contributed by atoms with Crippen molar-refractivity contribution in [3.05, 3.63) is 46.9 Å². The molecule has 25 heavy (non-hydrogen) atoms. The summed E-state index contributed by atoms with van der Waals surface area (Å²) in [6.07, 6.45) is 1.95. The lowest BCUT2D eigenvalue weighted by Gasteiger charge is -2.26. The second kappa shape index (κ2) is 6.90. The van der Waals surface area contributed by atoms with E-state index in [2.05, 4.69) is 15.5 Å². The van der Waals surface area contributed by atoms with Crippen molar-refractivity contribution in [2.45, 2.75) is 6.92 Å². The highest BCUT2D eigenvalue weighted by molar-refractivity contribution is 6.32. The molecule has 3 aliphatic heterocycles. The van der Waals surface area contributed by atoms with Crippen LogP contribution >= 0.6 is 0 Å². The summed E-state index contributed by atoms with van der Waals surface area (Å²) in [6.45, 7) is 7.95. The van der Waals surface area contributed by atoms with Crippen LogP contribution in [0.5, 0.6) is 0 Å². The Kier molecular flexibility index (Phi) is 4.46. The van der Waals surface area contributed by atoms with Crippen LogP contribution in [0.15, 0.2) is 35.7 Å². The summed E-state index contributed by atoms with van der Waals surface area (Å²) in [6, 6.07) is 5.98. The molecule has 0 saturated carbocycles. The smallest absolute Gasteiger partial charge is 0.260 e. The summed E-state index contributed by atoms with van der Waals surface area (Å²) < 4.78 is 11.1. The molecule has 0 bridgehead atoms. The summed E-state index contributed by atoms with van der Waals surface area (Å²) in [5.41, 5.74) is 4.54. The number of hydrogen-bond donors (Lipinski definition) is 2. The fourth-order valence-corrected chi connectivity index (χ4v) is 3.37. The van der Waals surface area contributed by atoms with Crippen LogP contribution in [0.1, 0.15) is 11.1 Å². The third kappa shape index (κ3) is 3.41. The number of carbonyl (C=O) groups excluding carboxylic acids is 1. The summed E-state index contributed by atoms with van der Waals surface area (Å²) in [5.74, 6) is 0.551. The number of allylic oxidation sites excluding steroid dienone is 1. The zero-order valence-corrected chi connectivity index (χ0v) is 14.4. The van der Waals surface area contributed by atoms with Gasteiger partial charge in [0.2, 0.25) is 0 Å². The molecule has 3 aliphatic rings. The quantitative estimate of drug-likeness (QED) is 0.813. The number of amides is 1. The highest BCUT2D eigenvalue weighted by Gasteiger charge is 2.29. The number of benzene rings is 1. The minimum absolute atomic E-state index is 0.0959. The summed E-state index contributed by atoms with van der Waals surface area (Å²) >= 11 is 0. The number of morpholine rings is 1. The number of hydrogen-bond acceptors (Lipinski definition) is 5. The molecule has 1 fully saturated rings. The topological polar surface area (TPSA) is 62.8 Å². The van der Waals surface area contributed by atoms with Crippen LogP contribution in [0, 0.1) is 6.92 Å². The Balaban J connectivity index is 1.44. The molecule has 4 rings (SSSR count). The van der Waals surface area contributed by atoms with Gasteiger partial charge in [0.05, 0.1) is 24.5 Å². The number of nitrogens with zero attached hydrogens (tertiary/aromatic N) is 1. The van der Waals surface area contributed by atoms with Gasteiger partial charge in [0.15, 0.2) is 0 Å². The molecule has 6 heteroatoms. The molecule has 1 aromatic carbocycles. The monoisotopic (exact) mass is 341 g/mol. The maximum atomic E-state index is 12.3. The van der Waals surface area contributed by atoms with Gasteiger partial charge in [0, 0.05) is 43.5 Å². The number of ether oxygens (including phenoxy) is 2. The molecule has 2 N–H and O–H groups in total. The third-order valence-electron chi connectivity index (χ3n) is 4.74. The van der Waals surface area contributed by atoms with E-state index in [1.165, 1.54) is 0 Å². The second-order valence-corrected chi connectivity index (χ2v) is 6.58. The van der Waals surface area contributed by atoms with Crippen molar-refractivity contribution < 1.29 is 14.3 Å². The van der Waals surface area contributed by atoms with E-state index in [-0.39, 0.29) is 5.91 Å². The lowest BCUT2D eigenvalue weighted by molar-refractivity contribution is -0.110. The molecule has 3 heterocycles. The maximum absolute atomic E-state index is 12.3. The van der Waals surface area contributed by atoms with Crippen LogP contribution in [-0.4, -0.2) is 56.8 Å². The van der Waals surface area contributed by atoms with Crippen molar-refractivity contribution in [1.29, 1.82) is 0 Å². The van der Waals surface area contributed by atoms with Crippen molar-refractivity contribution in [3.8, 4) is 0 Å². The highest BCUT2D eigenvalue weighted by atomic mass is 16.5. The first-order valence-electron chi connectivity index (χ1n) is 8.75. The van der Waals surface area contributed by atoms with Crippen molar-refractivity contribution in [3.63, 3.8) is 0 Å². The Morgan fingerprint density at radius 2 is 2.12 bits per heavy atom. The molecule has 0 spiro atoms. The Bertz CT molecular complexity index is 748. The summed E-state index contributed by atoms with van der Waals surface area (Å²) in [4.78, 5) is 14.7. The molecule has 0 atom stereocenters. The fourth-order valence-electron chi connectivity index (χ4n) is 3.37. The van der Waals surface area contributed by atoms with Crippen molar-refractivity contribution in [2.75, 3.05) is 51.3 Å². The predicted octanol–water partition coefficient (Wildman–Crippen LogP) is 1.49. The van der Waals surface area contributed by atoms with E-state index >= 15 is 0 Å². The van der Waals surface area contributed by atoms with Crippen molar-refractivity contribution >= 4 is 17.2 Å². The van der Waals surface area contributed by atoms with Gasteiger partial charge in [-0.1, -0.05) is 12.1 Å². The Morgan fingerprint density at radius 3 is 2.96 bits per heavy atom. The standard InChI is InChI=1S/C19H23N3O3/c1-13-2-3-15-16(10-13)21-19(23)18(15)17-11-14(12-25-17)20-4-5-22-6-8-24-9-7-22/h2-3,10-11,20H,4-9,12H2,1H3,(H,21,23)/b18-17+.